The van der Waals surface area contributed by atoms with E-state index in [0.717, 1.165) is 18.8 Å². The van der Waals surface area contributed by atoms with Crippen LogP contribution in [0.1, 0.15) is 35.3 Å². The number of aromatic nitrogens is 3. The van der Waals surface area contributed by atoms with Crippen LogP contribution >= 0.6 is 0 Å². The number of hydrogen-bond acceptors (Lipinski definition) is 4. The van der Waals surface area contributed by atoms with E-state index >= 15 is 0 Å². The molecule has 1 N–H and O–H groups in total. The summed E-state index contributed by atoms with van der Waals surface area (Å²) in [6.45, 7) is 4.44. The number of aryl methyl sites for hydroxylation is 1. The average molecular weight is 258 g/mol. The Morgan fingerprint density at radius 2 is 2.21 bits per heavy atom. The Labute approximate surface area is 112 Å². The molecule has 5 heteroatoms. The molecule has 0 saturated heterocycles. The van der Waals surface area contributed by atoms with Crippen LogP contribution in [0, 0.1) is 0 Å². The molecule has 0 saturated carbocycles. The molecule has 1 aliphatic heterocycles. The minimum Gasteiger partial charge on any atom is -0.372 e. The maximum absolute atomic E-state index is 5.47. The van der Waals surface area contributed by atoms with Crippen LogP contribution in [0.5, 0.6) is 0 Å². The zero-order chi connectivity index (χ0) is 13.2. The minimum atomic E-state index is 0.121. The summed E-state index contributed by atoms with van der Waals surface area (Å²) < 4.78 is 7.29. The van der Waals surface area contributed by atoms with Gasteiger partial charge in [-0.1, -0.05) is 30.3 Å². The molecule has 2 heterocycles. The molecule has 1 aliphatic rings. The second-order valence-corrected chi connectivity index (χ2v) is 4.79. The van der Waals surface area contributed by atoms with Crippen molar-refractivity contribution < 1.29 is 4.74 Å². The molecule has 5 nitrogen and oxygen atoms in total. The lowest BCUT2D eigenvalue weighted by Gasteiger charge is -2.18. The van der Waals surface area contributed by atoms with Gasteiger partial charge in [-0.25, -0.2) is 0 Å². The van der Waals surface area contributed by atoms with E-state index in [-0.39, 0.29) is 6.04 Å². The van der Waals surface area contributed by atoms with Crippen LogP contribution in [-0.2, 0) is 25.0 Å². The first kappa shape index (κ1) is 12.3. The van der Waals surface area contributed by atoms with Gasteiger partial charge >= 0.3 is 0 Å². The van der Waals surface area contributed by atoms with Gasteiger partial charge in [0.05, 0.1) is 31.1 Å². The quantitative estimate of drug-likeness (QED) is 0.904. The van der Waals surface area contributed by atoms with Gasteiger partial charge in [0.15, 0.2) is 0 Å². The molecule has 100 valence electrons. The van der Waals surface area contributed by atoms with Gasteiger partial charge < -0.3 is 10.1 Å². The predicted molar refractivity (Wildman–Crippen MR) is 71.5 cm³/mol. The Kier molecular flexibility index (Phi) is 3.31. The van der Waals surface area contributed by atoms with Crippen LogP contribution in [0.15, 0.2) is 24.4 Å². The number of nitrogens with zero attached hydrogens (tertiary/aromatic N) is 3. The fourth-order valence-corrected chi connectivity index (χ4v) is 2.53. The van der Waals surface area contributed by atoms with Gasteiger partial charge in [0, 0.05) is 7.05 Å². The Balaban J connectivity index is 1.98. The van der Waals surface area contributed by atoms with Crippen LogP contribution in [0.2, 0.25) is 0 Å². The molecule has 1 aromatic heterocycles. The summed E-state index contributed by atoms with van der Waals surface area (Å²) in [5, 5.41) is 11.5. The molecule has 1 unspecified atom stereocenters. The van der Waals surface area contributed by atoms with E-state index in [0.29, 0.717) is 6.61 Å². The van der Waals surface area contributed by atoms with Crippen LogP contribution in [0.25, 0.3) is 0 Å². The third-order valence-electron chi connectivity index (χ3n) is 3.53. The molecule has 1 atom stereocenters. The van der Waals surface area contributed by atoms with E-state index in [2.05, 4.69) is 40.8 Å². The largest absolute Gasteiger partial charge is 0.372 e. The zero-order valence-electron chi connectivity index (χ0n) is 11.3. The lowest BCUT2D eigenvalue weighted by Crippen LogP contribution is -2.24. The number of hydrogen-bond donors (Lipinski definition) is 1. The summed E-state index contributed by atoms with van der Waals surface area (Å²) in [4.78, 5) is 0. The highest BCUT2D eigenvalue weighted by molar-refractivity contribution is 5.37. The molecule has 3 rings (SSSR count). The second-order valence-electron chi connectivity index (χ2n) is 4.79. The molecule has 1 aromatic carbocycles. The van der Waals surface area contributed by atoms with Crippen molar-refractivity contribution in [3.63, 3.8) is 0 Å². The highest BCUT2D eigenvalue weighted by Gasteiger charge is 2.19. The van der Waals surface area contributed by atoms with Crippen LogP contribution in [0.4, 0.5) is 0 Å². The summed E-state index contributed by atoms with van der Waals surface area (Å²) in [5.74, 6) is 0. The van der Waals surface area contributed by atoms with E-state index in [1.54, 1.807) is 0 Å². The Morgan fingerprint density at radius 3 is 2.95 bits per heavy atom. The van der Waals surface area contributed by atoms with E-state index in [1.165, 1.54) is 16.7 Å². The standard InChI is InChI=1S/C14H18N4O/c1-3-15-14(13-7-16-17-18(13)2)10-4-5-11-8-19-9-12(11)6-10/h4-7,14-15H,3,8-9H2,1-2H3. The normalized spacial score (nSPS) is 15.5. The molecule has 0 fully saturated rings. The summed E-state index contributed by atoms with van der Waals surface area (Å²) in [6.07, 6.45) is 1.82. The second kappa shape index (κ2) is 5.11. The first-order valence-electron chi connectivity index (χ1n) is 6.57. The molecule has 19 heavy (non-hydrogen) atoms. The third kappa shape index (κ3) is 2.27. The molecule has 0 spiro atoms. The van der Waals surface area contributed by atoms with Crippen molar-refractivity contribution in [3.8, 4) is 0 Å². The smallest absolute Gasteiger partial charge is 0.0798 e. The first-order valence-corrected chi connectivity index (χ1v) is 6.57. The number of fused-ring (bicyclic) bond motifs is 1. The van der Waals surface area contributed by atoms with Crippen LogP contribution in [0.3, 0.4) is 0 Å². The lowest BCUT2D eigenvalue weighted by molar-refractivity contribution is 0.134. The predicted octanol–water partition coefficient (Wildman–Crippen LogP) is 1.54. The fourth-order valence-electron chi connectivity index (χ4n) is 2.53. The summed E-state index contributed by atoms with van der Waals surface area (Å²) in [5.41, 5.74) is 4.88. The third-order valence-corrected chi connectivity index (χ3v) is 3.53. The van der Waals surface area contributed by atoms with Gasteiger partial charge in [-0.2, -0.15) is 0 Å². The average Bonchev–Trinajstić information content (AvgIpc) is 3.03. The lowest BCUT2D eigenvalue weighted by atomic mass is 9.99. The maximum Gasteiger partial charge on any atom is 0.0798 e. The highest BCUT2D eigenvalue weighted by Crippen LogP contribution is 2.27. The number of ether oxygens (including phenoxy) is 1. The molecule has 2 aromatic rings. The van der Waals surface area contributed by atoms with Crippen molar-refractivity contribution in [2.75, 3.05) is 6.54 Å². The number of rotatable bonds is 4. The fraction of sp³-hybridized carbons (Fsp3) is 0.429. The molecule has 0 aliphatic carbocycles. The summed E-state index contributed by atoms with van der Waals surface area (Å²) >= 11 is 0. The van der Waals surface area contributed by atoms with Crippen LogP contribution < -0.4 is 5.32 Å². The molecular weight excluding hydrogens is 240 g/mol. The van der Waals surface area contributed by atoms with Crippen molar-refractivity contribution in [2.24, 2.45) is 7.05 Å². The van der Waals surface area contributed by atoms with Gasteiger partial charge in [-0.15, -0.1) is 5.10 Å². The molecule has 0 radical (unpaired) electrons. The Bertz CT molecular complexity index is 579. The monoisotopic (exact) mass is 258 g/mol. The maximum atomic E-state index is 5.47. The number of nitrogens with one attached hydrogen (secondary N) is 1. The van der Waals surface area contributed by atoms with Gasteiger partial charge in [0.2, 0.25) is 0 Å². The van der Waals surface area contributed by atoms with E-state index in [9.17, 15) is 0 Å². The van der Waals surface area contributed by atoms with Crippen molar-refractivity contribution >= 4 is 0 Å². The summed E-state index contributed by atoms with van der Waals surface area (Å²) in [7, 11) is 1.92. The van der Waals surface area contributed by atoms with Crippen molar-refractivity contribution in [3.05, 3.63) is 46.8 Å². The van der Waals surface area contributed by atoms with Crippen molar-refractivity contribution in [1.29, 1.82) is 0 Å². The Morgan fingerprint density at radius 1 is 1.37 bits per heavy atom. The van der Waals surface area contributed by atoms with Crippen molar-refractivity contribution in [2.45, 2.75) is 26.2 Å². The molecule has 0 amide bonds. The molecule has 0 bridgehead atoms. The van der Waals surface area contributed by atoms with E-state index in [1.807, 2.05) is 17.9 Å². The summed E-state index contributed by atoms with van der Waals surface area (Å²) in [6, 6.07) is 6.67. The molecular formula is C14H18N4O. The van der Waals surface area contributed by atoms with E-state index in [4.69, 9.17) is 4.74 Å². The SMILES string of the molecule is CCNC(c1ccc2c(c1)COC2)c1cnnn1C. The zero-order valence-corrected chi connectivity index (χ0v) is 11.3. The highest BCUT2D eigenvalue weighted by atomic mass is 16.5. The van der Waals surface area contributed by atoms with Crippen LogP contribution in [-0.4, -0.2) is 21.5 Å². The van der Waals surface area contributed by atoms with E-state index < -0.39 is 0 Å². The number of benzene rings is 1. The van der Waals surface area contributed by atoms with Gasteiger partial charge in [0.25, 0.3) is 0 Å². The van der Waals surface area contributed by atoms with Gasteiger partial charge in [-0.3, -0.25) is 4.68 Å². The van der Waals surface area contributed by atoms with Crippen molar-refractivity contribution in [1.82, 2.24) is 20.3 Å². The van der Waals surface area contributed by atoms with Gasteiger partial charge in [0.1, 0.15) is 0 Å². The topological polar surface area (TPSA) is 52.0 Å². The van der Waals surface area contributed by atoms with Gasteiger partial charge in [-0.05, 0) is 23.2 Å². The Hall–Kier alpha value is -1.72. The first-order chi connectivity index (χ1) is 9.29. The minimum absolute atomic E-state index is 0.121.